The van der Waals surface area contributed by atoms with Crippen molar-refractivity contribution in [3.05, 3.63) is 34.9 Å². The van der Waals surface area contributed by atoms with Crippen molar-refractivity contribution in [1.29, 1.82) is 0 Å². The van der Waals surface area contributed by atoms with Crippen LogP contribution in [-0.4, -0.2) is 0 Å². The molecule has 0 amide bonds. The van der Waals surface area contributed by atoms with Crippen LogP contribution in [0.5, 0.6) is 0 Å². The van der Waals surface area contributed by atoms with E-state index in [1.165, 1.54) is 35.1 Å². The van der Waals surface area contributed by atoms with Crippen molar-refractivity contribution >= 4 is 11.3 Å². The fourth-order valence-corrected chi connectivity index (χ4v) is 2.21. The molecule has 0 aliphatic heterocycles. The molecule has 2 N–H and O–H groups in total. The molecule has 1 aromatic rings. The molecular formula is C15H23N. The van der Waals surface area contributed by atoms with Gasteiger partial charge < -0.3 is 5.73 Å². The van der Waals surface area contributed by atoms with E-state index in [1.54, 1.807) is 0 Å². The fraction of sp³-hybridized carbons (Fsp3) is 0.467. The molecule has 0 aliphatic carbocycles. The zero-order chi connectivity index (χ0) is 12.1. The Morgan fingerprint density at radius 1 is 1.25 bits per heavy atom. The molecule has 0 fully saturated rings. The number of aryl methyl sites for hydroxylation is 1. The van der Waals surface area contributed by atoms with Gasteiger partial charge in [0.1, 0.15) is 0 Å². The third kappa shape index (κ3) is 2.88. The average Bonchev–Trinajstić information content (AvgIpc) is 2.24. The minimum absolute atomic E-state index is 0.857. The van der Waals surface area contributed by atoms with Gasteiger partial charge in [0.15, 0.2) is 0 Å². The van der Waals surface area contributed by atoms with Crippen LogP contribution in [-0.2, 0) is 0 Å². The van der Waals surface area contributed by atoms with Crippen LogP contribution in [0, 0.1) is 6.92 Å². The second-order valence-corrected chi connectivity index (χ2v) is 4.44. The summed E-state index contributed by atoms with van der Waals surface area (Å²) in [6, 6.07) is 6.19. The molecule has 0 unspecified atom stereocenters. The van der Waals surface area contributed by atoms with Gasteiger partial charge >= 0.3 is 0 Å². The maximum atomic E-state index is 5.87. The third-order valence-corrected chi connectivity index (χ3v) is 3.08. The van der Waals surface area contributed by atoms with Crippen molar-refractivity contribution in [3.8, 4) is 0 Å². The van der Waals surface area contributed by atoms with Crippen molar-refractivity contribution in [3.63, 3.8) is 0 Å². The van der Waals surface area contributed by atoms with Gasteiger partial charge in [-0.25, -0.2) is 0 Å². The second-order valence-electron chi connectivity index (χ2n) is 4.44. The van der Waals surface area contributed by atoms with Crippen LogP contribution < -0.4 is 5.73 Å². The summed E-state index contributed by atoms with van der Waals surface area (Å²) in [7, 11) is 0. The van der Waals surface area contributed by atoms with Crippen molar-refractivity contribution in [2.75, 3.05) is 5.73 Å². The smallest absolute Gasteiger partial charge is 0.0320 e. The lowest BCUT2D eigenvalue weighted by molar-refractivity contribution is 0.901. The minimum atomic E-state index is 0.857. The fourth-order valence-electron chi connectivity index (χ4n) is 2.21. The number of benzene rings is 1. The third-order valence-electron chi connectivity index (χ3n) is 3.08. The van der Waals surface area contributed by atoms with Crippen LogP contribution in [0.4, 0.5) is 5.69 Å². The summed E-state index contributed by atoms with van der Waals surface area (Å²) in [5.74, 6) is 0. The number of anilines is 1. The van der Waals surface area contributed by atoms with Gasteiger partial charge in [-0.1, -0.05) is 31.9 Å². The van der Waals surface area contributed by atoms with Crippen LogP contribution in [0.25, 0.3) is 5.57 Å². The highest BCUT2D eigenvalue weighted by atomic mass is 14.5. The highest BCUT2D eigenvalue weighted by Gasteiger charge is 2.07. The van der Waals surface area contributed by atoms with Gasteiger partial charge in [-0.05, 0) is 55.5 Å². The molecule has 0 aromatic heterocycles. The molecule has 0 bridgehead atoms. The van der Waals surface area contributed by atoms with E-state index in [1.807, 2.05) is 6.07 Å². The van der Waals surface area contributed by atoms with E-state index in [4.69, 9.17) is 5.73 Å². The van der Waals surface area contributed by atoms with E-state index in [-0.39, 0.29) is 0 Å². The van der Waals surface area contributed by atoms with Gasteiger partial charge in [0.25, 0.3) is 0 Å². The molecule has 1 nitrogen and oxygen atoms in total. The number of nitrogens with two attached hydrogens (primary N) is 1. The lowest BCUT2D eigenvalue weighted by Gasteiger charge is -2.14. The summed E-state index contributed by atoms with van der Waals surface area (Å²) in [6.07, 6.45) is 3.46. The zero-order valence-corrected chi connectivity index (χ0v) is 10.9. The highest BCUT2D eigenvalue weighted by Crippen LogP contribution is 2.28. The standard InChI is InChI=1S/C15H23N/c1-5-7-11(3)14(6-2)15-10-13(16)9-8-12(15)4/h8-10H,5-7,16H2,1-4H3/b14-11+. The Hall–Kier alpha value is -1.24. The van der Waals surface area contributed by atoms with E-state index in [0.29, 0.717) is 0 Å². The molecule has 1 rings (SSSR count). The van der Waals surface area contributed by atoms with Gasteiger partial charge in [0, 0.05) is 5.69 Å². The Morgan fingerprint density at radius 3 is 2.50 bits per heavy atom. The molecule has 1 heteroatoms. The predicted octanol–water partition coefficient (Wildman–Crippen LogP) is 4.56. The van der Waals surface area contributed by atoms with Gasteiger partial charge in [-0.2, -0.15) is 0 Å². The second kappa shape index (κ2) is 5.74. The maximum Gasteiger partial charge on any atom is 0.0320 e. The first-order valence-electron chi connectivity index (χ1n) is 6.15. The molecule has 0 saturated carbocycles. The first-order valence-corrected chi connectivity index (χ1v) is 6.15. The summed E-state index contributed by atoms with van der Waals surface area (Å²) in [5, 5.41) is 0. The molecule has 0 saturated heterocycles. The van der Waals surface area contributed by atoms with Crippen LogP contribution in [0.3, 0.4) is 0 Å². The molecule has 0 spiro atoms. The van der Waals surface area contributed by atoms with E-state index in [9.17, 15) is 0 Å². The predicted molar refractivity (Wildman–Crippen MR) is 73.4 cm³/mol. The first kappa shape index (κ1) is 12.8. The Labute approximate surface area is 99.4 Å². The summed E-state index contributed by atoms with van der Waals surface area (Å²) in [6.45, 7) is 8.84. The van der Waals surface area contributed by atoms with E-state index < -0.39 is 0 Å². The Kier molecular flexibility index (Phi) is 4.60. The van der Waals surface area contributed by atoms with Crippen molar-refractivity contribution in [1.82, 2.24) is 0 Å². The molecule has 0 atom stereocenters. The lowest BCUT2D eigenvalue weighted by Crippen LogP contribution is -1.95. The maximum absolute atomic E-state index is 5.87. The largest absolute Gasteiger partial charge is 0.399 e. The van der Waals surface area contributed by atoms with Crippen molar-refractivity contribution in [2.45, 2.75) is 47.0 Å². The number of rotatable bonds is 4. The van der Waals surface area contributed by atoms with Crippen molar-refractivity contribution in [2.24, 2.45) is 0 Å². The monoisotopic (exact) mass is 217 g/mol. The minimum Gasteiger partial charge on any atom is -0.399 e. The zero-order valence-electron chi connectivity index (χ0n) is 10.9. The molecule has 88 valence electrons. The number of nitrogen functional groups attached to an aromatic ring is 1. The summed E-state index contributed by atoms with van der Waals surface area (Å²) < 4.78 is 0. The summed E-state index contributed by atoms with van der Waals surface area (Å²) in [4.78, 5) is 0. The van der Waals surface area contributed by atoms with E-state index in [0.717, 1.165) is 12.1 Å². The molecule has 1 aromatic carbocycles. The Bertz CT molecular complexity index is 388. The van der Waals surface area contributed by atoms with Crippen LogP contribution in [0.2, 0.25) is 0 Å². The number of allylic oxidation sites excluding steroid dienone is 2. The van der Waals surface area contributed by atoms with Crippen LogP contribution in [0.15, 0.2) is 23.8 Å². The van der Waals surface area contributed by atoms with E-state index in [2.05, 4.69) is 39.8 Å². The normalized spacial score (nSPS) is 12.5. The summed E-state index contributed by atoms with van der Waals surface area (Å²) >= 11 is 0. The molecule has 0 aliphatic rings. The highest BCUT2D eigenvalue weighted by molar-refractivity contribution is 5.72. The molecule has 0 radical (unpaired) electrons. The van der Waals surface area contributed by atoms with Gasteiger partial charge in [0.2, 0.25) is 0 Å². The summed E-state index contributed by atoms with van der Waals surface area (Å²) in [5.41, 5.74) is 12.3. The number of hydrogen-bond donors (Lipinski definition) is 1. The van der Waals surface area contributed by atoms with Gasteiger partial charge in [-0.3, -0.25) is 0 Å². The molecular weight excluding hydrogens is 194 g/mol. The quantitative estimate of drug-likeness (QED) is 0.735. The topological polar surface area (TPSA) is 26.0 Å². The van der Waals surface area contributed by atoms with Crippen molar-refractivity contribution < 1.29 is 0 Å². The Morgan fingerprint density at radius 2 is 1.94 bits per heavy atom. The SMILES string of the molecule is CCC/C(C)=C(\CC)c1cc(N)ccc1C. The van der Waals surface area contributed by atoms with Gasteiger partial charge in [0.05, 0.1) is 0 Å². The average molecular weight is 217 g/mol. The first-order chi connectivity index (χ1) is 7.60. The number of hydrogen-bond acceptors (Lipinski definition) is 1. The van der Waals surface area contributed by atoms with E-state index >= 15 is 0 Å². The van der Waals surface area contributed by atoms with Crippen LogP contribution in [0.1, 0.15) is 51.2 Å². The Balaban J connectivity index is 3.22. The lowest BCUT2D eigenvalue weighted by atomic mass is 9.92. The van der Waals surface area contributed by atoms with Crippen LogP contribution >= 0.6 is 0 Å². The van der Waals surface area contributed by atoms with Gasteiger partial charge in [-0.15, -0.1) is 0 Å². The molecule has 16 heavy (non-hydrogen) atoms. The molecule has 0 heterocycles.